The normalized spacial score (nSPS) is 14.3. The molecule has 0 fully saturated rings. The largest absolute Gasteiger partial charge is 0.411 e. The molecule has 0 bridgehead atoms. The lowest BCUT2D eigenvalue weighted by Gasteiger charge is -2.21. The van der Waals surface area contributed by atoms with Crippen LogP contribution in [-0.4, -0.2) is 32.0 Å². The van der Waals surface area contributed by atoms with Crippen molar-refractivity contribution in [3.8, 4) is 0 Å². The molecule has 104 valence electrons. The number of hydrogen-bond acceptors (Lipinski definition) is 2. The molecule has 0 heterocycles. The molecule has 0 rings (SSSR count). The van der Waals surface area contributed by atoms with Gasteiger partial charge in [-0.25, -0.2) is 0 Å². The van der Waals surface area contributed by atoms with Crippen LogP contribution in [0.4, 0.5) is 13.2 Å². The number of unbranched alkanes of at least 4 members (excludes halogenated alkanes) is 1. The SMILES string of the molecule is CCNC(CCCCOCC(F)(F)F)C(C)C. The Morgan fingerprint density at radius 3 is 2.29 bits per heavy atom. The summed E-state index contributed by atoms with van der Waals surface area (Å²) in [6.07, 6.45) is -1.64. The van der Waals surface area contributed by atoms with Crippen LogP contribution in [0.15, 0.2) is 0 Å². The van der Waals surface area contributed by atoms with Gasteiger partial charge in [-0.2, -0.15) is 13.2 Å². The van der Waals surface area contributed by atoms with Crippen LogP contribution < -0.4 is 5.32 Å². The number of rotatable bonds is 9. The Morgan fingerprint density at radius 2 is 1.82 bits per heavy atom. The highest BCUT2D eigenvalue weighted by molar-refractivity contribution is 4.69. The van der Waals surface area contributed by atoms with Gasteiger partial charge in [-0.05, 0) is 31.7 Å². The van der Waals surface area contributed by atoms with Gasteiger partial charge in [-0.1, -0.05) is 20.8 Å². The maximum Gasteiger partial charge on any atom is 0.411 e. The van der Waals surface area contributed by atoms with E-state index in [4.69, 9.17) is 0 Å². The molecular weight excluding hydrogens is 231 g/mol. The second kappa shape index (κ2) is 8.75. The summed E-state index contributed by atoms with van der Waals surface area (Å²) in [5.41, 5.74) is 0. The van der Waals surface area contributed by atoms with Crippen LogP contribution in [-0.2, 0) is 4.74 Å². The summed E-state index contributed by atoms with van der Waals surface area (Å²) < 4.78 is 39.8. The lowest BCUT2D eigenvalue weighted by Crippen LogP contribution is -2.33. The Morgan fingerprint density at radius 1 is 1.18 bits per heavy atom. The summed E-state index contributed by atoms with van der Waals surface area (Å²) in [6, 6.07) is 0.447. The first kappa shape index (κ1) is 16.7. The number of alkyl halides is 3. The Balaban J connectivity index is 3.49. The molecule has 1 unspecified atom stereocenters. The molecule has 0 radical (unpaired) electrons. The molecule has 0 aromatic carbocycles. The van der Waals surface area contributed by atoms with Gasteiger partial charge in [0.25, 0.3) is 0 Å². The first-order valence-electron chi connectivity index (χ1n) is 6.24. The van der Waals surface area contributed by atoms with E-state index in [1.165, 1.54) is 0 Å². The van der Waals surface area contributed by atoms with E-state index in [-0.39, 0.29) is 6.61 Å². The molecule has 0 aromatic heterocycles. The number of halogens is 3. The summed E-state index contributed by atoms with van der Waals surface area (Å²) in [5.74, 6) is 0.547. The van der Waals surface area contributed by atoms with Gasteiger partial charge in [0.2, 0.25) is 0 Å². The molecule has 0 amide bonds. The third-order valence-electron chi connectivity index (χ3n) is 2.59. The number of hydrogen-bond donors (Lipinski definition) is 1. The zero-order chi connectivity index (χ0) is 13.3. The van der Waals surface area contributed by atoms with E-state index < -0.39 is 12.8 Å². The molecule has 0 saturated heterocycles. The first-order chi connectivity index (χ1) is 7.87. The minimum absolute atomic E-state index is 0.191. The minimum atomic E-state index is -4.20. The molecule has 5 heteroatoms. The van der Waals surface area contributed by atoms with Crippen LogP contribution in [0.3, 0.4) is 0 Å². The van der Waals surface area contributed by atoms with E-state index in [0.29, 0.717) is 18.4 Å². The van der Waals surface area contributed by atoms with Gasteiger partial charge in [0, 0.05) is 12.6 Å². The van der Waals surface area contributed by atoms with E-state index in [0.717, 1.165) is 19.4 Å². The highest BCUT2D eigenvalue weighted by atomic mass is 19.4. The van der Waals surface area contributed by atoms with E-state index in [9.17, 15) is 13.2 Å². The maximum absolute atomic E-state index is 11.8. The van der Waals surface area contributed by atoms with Crippen molar-refractivity contribution in [1.29, 1.82) is 0 Å². The predicted molar refractivity (Wildman–Crippen MR) is 63.0 cm³/mol. The van der Waals surface area contributed by atoms with Crippen molar-refractivity contribution >= 4 is 0 Å². The molecule has 2 nitrogen and oxygen atoms in total. The average Bonchev–Trinajstić information content (AvgIpc) is 2.19. The number of ether oxygens (including phenoxy) is 1. The third kappa shape index (κ3) is 10.6. The zero-order valence-corrected chi connectivity index (χ0v) is 10.9. The third-order valence-corrected chi connectivity index (χ3v) is 2.59. The Hall–Kier alpha value is -0.290. The molecule has 0 aliphatic rings. The predicted octanol–water partition coefficient (Wildman–Crippen LogP) is 3.37. The van der Waals surface area contributed by atoms with Crippen molar-refractivity contribution < 1.29 is 17.9 Å². The first-order valence-corrected chi connectivity index (χ1v) is 6.24. The molecule has 0 saturated carbocycles. The van der Waals surface area contributed by atoms with Crippen molar-refractivity contribution in [2.24, 2.45) is 5.92 Å². The van der Waals surface area contributed by atoms with E-state index >= 15 is 0 Å². The highest BCUT2D eigenvalue weighted by Crippen LogP contribution is 2.15. The van der Waals surface area contributed by atoms with Gasteiger partial charge in [0.05, 0.1) is 0 Å². The van der Waals surface area contributed by atoms with Gasteiger partial charge in [-0.15, -0.1) is 0 Å². The number of nitrogens with one attached hydrogen (secondary N) is 1. The van der Waals surface area contributed by atoms with Crippen LogP contribution in [0.1, 0.15) is 40.0 Å². The average molecular weight is 255 g/mol. The molecule has 0 spiro atoms. The molecular formula is C12H24F3NO. The lowest BCUT2D eigenvalue weighted by molar-refractivity contribution is -0.174. The molecule has 0 aliphatic carbocycles. The summed E-state index contributed by atoms with van der Waals surface area (Å²) in [4.78, 5) is 0. The Bertz CT molecular complexity index is 183. The summed E-state index contributed by atoms with van der Waals surface area (Å²) in [6.45, 7) is 6.33. The molecule has 0 aromatic rings. The quantitative estimate of drug-likeness (QED) is 0.638. The van der Waals surface area contributed by atoms with Crippen LogP contribution in [0.25, 0.3) is 0 Å². The molecule has 1 atom stereocenters. The van der Waals surface area contributed by atoms with Crippen LogP contribution >= 0.6 is 0 Å². The van der Waals surface area contributed by atoms with Crippen molar-refractivity contribution in [3.05, 3.63) is 0 Å². The minimum Gasteiger partial charge on any atom is -0.372 e. The highest BCUT2D eigenvalue weighted by Gasteiger charge is 2.27. The topological polar surface area (TPSA) is 21.3 Å². The van der Waals surface area contributed by atoms with Gasteiger partial charge in [-0.3, -0.25) is 0 Å². The smallest absolute Gasteiger partial charge is 0.372 e. The fourth-order valence-electron chi connectivity index (χ4n) is 1.69. The van der Waals surface area contributed by atoms with Crippen LogP contribution in [0.5, 0.6) is 0 Å². The fraction of sp³-hybridized carbons (Fsp3) is 1.00. The zero-order valence-electron chi connectivity index (χ0n) is 10.9. The Labute approximate surface area is 102 Å². The van der Waals surface area contributed by atoms with Crippen molar-refractivity contribution in [2.45, 2.75) is 52.3 Å². The lowest BCUT2D eigenvalue weighted by atomic mass is 9.98. The van der Waals surface area contributed by atoms with E-state index in [1.807, 2.05) is 0 Å². The van der Waals surface area contributed by atoms with E-state index in [1.54, 1.807) is 0 Å². The van der Waals surface area contributed by atoms with Crippen molar-refractivity contribution in [1.82, 2.24) is 5.32 Å². The Kier molecular flexibility index (Phi) is 8.60. The summed E-state index contributed by atoms with van der Waals surface area (Å²) in [5, 5.41) is 3.38. The second-order valence-corrected chi connectivity index (χ2v) is 4.57. The summed E-state index contributed by atoms with van der Waals surface area (Å²) in [7, 11) is 0. The van der Waals surface area contributed by atoms with Crippen LogP contribution in [0.2, 0.25) is 0 Å². The van der Waals surface area contributed by atoms with Crippen LogP contribution in [0, 0.1) is 5.92 Å². The van der Waals surface area contributed by atoms with Gasteiger partial charge >= 0.3 is 6.18 Å². The van der Waals surface area contributed by atoms with Crippen molar-refractivity contribution in [3.63, 3.8) is 0 Å². The standard InChI is InChI=1S/C12H24F3NO/c1-4-16-11(10(2)3)7-5-6-8-17-9-12(13,14)15/h10-11,16H,4-9H2,1-3H3. The fourth-order valence-corrected chi connectivity index (χ4v) is 1.69. The van der Waals surface area contributed by atoms with Gasteiger partial charge < -0.3 is 10.1 Å². The van der Waals surface area contributed by atoms with Gasteiger partial charge in [0.1, 0.15) is 6.61 Å². The molecule has 0 aliphatic heterocycles. The van der Waals surface area contributed by atoms with Gasteiger partial charge in [0.15, 0.2) is 0 Å². The monoisotopic (exact) mass is 255 g/mol. The summed E-state index contributed by atoms with van der Waals surface area (Å²) >= 11 is 0. The second-order valence-electron chi connectivity index (χ2n) is 4.57. The molecule has 17 heavy (non-hydrogen) atoms. The van der Waals surface area contributed by atoms with E-state index in [2.05, 4.69) is 30.8 Å². The maximum atomic E-state index is 11.8. The molecule has 1 N–H and O–H groups in total. The van der Waals surface area contributed by atoms with Crippen molar-refractivity contribution in [2.75, 3.05) is 19.8 Å².